The molecule has 0 radical (unpaired) electrons. The van der Waals surface area contributed by atoms with Crippen LogP contribution in [0.5, 0.6) is 0 Å². The Morgan fingerprint density at radius 2 is 2.47 bits per heavy atom. The van der Waals surface area contributed by atoms with Crippen molar-refractivity contribution in [2.45, 2.75) is 37.8 Å². The Morgan fingerprint density at radius 1 is 1.73 bits per heavy atom. The maximum absolute atomic E-state index is 11.8. The van der Waals surface area contributed by atoms with E-state index in [2.05, 4.69) is 5.32 Å². The molecule has 0 bridgehead atoms. The van der Waals surface area contributed by atoms with Crippen molar-refractivity contribution < 1.29 is 19.1 Å². The maximum Gasteiger partial charge on any atom is 0.331 e. The van der Waals surface area contributed by atoms with Gasteiger partial charge in [0.1, 0.15) is 5.54 Å². The number of esters is 1. The van der Waals surface area contributed by atoms with Gasteiger partial charge in [-0.3, -0.25) is 4.79 Å². The molecule has 2 saturated heterocycles. The van der Waals surface area contributed by atoms with Gasteiger partial charge >= 0.3 is 5.97 Å². The first kappa shape index (κ1) is 10.4. The molecule has 0 aromatic heterocycles. The summed E-state index contributed by atoms with van der Waals surface area (Å²) < 4.78 is 10.1. The SMILES string of the molecule is CCOC(=O)C1(C[C@H]2CO2)CCC(=O)N1. The van der Waals surface area contributed by atoms with Crippen LogP contribution in [0.15, 0.2) is 0 Å². The molecule has 5 nitrogen and oxygen atoms in total. The molecule has 0 spiro atoms. The smallest absolute Gasteiger partial charge is 0.331 e. The highest BCUT2D eigenvalue weighted by Gasteiger charge is 2.49. The van der Waals surface area contributed by atoms with Crippen molar-refractivity contribution in [3.05, 3.63) is 0 Å². The molecule has 0 aromatic carbocycles. The topological polar surface area (TPSA) is 67.9 Å². The van der Waals surface area contributed by atoms with E-state index in [1.165, 1.54) is 0 Å². The first-order valence-electron chi connectivity index (χ1n) is 5.26. The number of hydrogen-bond acceptors (Lipinski definition) is 4. The molecular weight excluding hydrogens is 198 g/mol. The summed E-state index contributed by atoms with van der Waals surface area (Å²) >= 11 is 0. The lowest BCUT2D eigenvalue weighted by molar-refractivity contribution is -0.152. The van der Waals surface area contributed by atoms with Gasteiger partial charge in [-0.05, 0) is 13.3 Å². The van der Waals surface area contributed by atoms with E-state index in [0.717, 1.165) is 0 Å². The van der Waals surface area contributed by atoms with Crippen LogP contribution in [0, 0.1) is 0 Å². The molecule has 5 heteroatoms. The molecule has 0 aliphatic carbocycles. The van der Waals surface area contributed by atoms with Crippen molar-refractivity contribution >= 4 is 11.9 Å². The van der Waals surface area contributed by atoms with Crippen molar-refractivity contribution in [2.75, 3.05) is 13.2 Å². The van der Waals surface area contributed by atoms with Gasteiger partial charge in [0.25, 0.3) is 0 Å². The average molecular weight is 213 g/mol. The minimum absolute atomic E-state index is 0.0799. The fraction of sp³-hybridized carbons (Fsp3) is 0.800. The molecule has 1 N–H and O–H groups in total. The number of amides is 1. The fourth-order valence-corrected chi connectivity index (χ4v) is 1.95. The van der Waals surface area contributed by atoms with Crippen LogP contribution in [0.25, 0.3) is 0 Å². The number of epoxide rings is 1. The lowest BCUT2D eigenvalue weighted by Crippen LogP contribution is -2.50. The third kappa shape index (κ3) is 2.12. The highest BCUT2D eigenvalue weighted by Crippen LogP contribution is 2.31. The van der Waals surface area contributed by atoms with Gasteiger partial charge < -0.3 is 14.8 Å². The van der Waals surface area contributed by atoms with E-state index in [-0.39, 0.29) is 18.0 Å². The zero-order valence-corrected chi connectivity index (χ0v) is 8.75. The summed E-state index contributed by atoms with van der Waals surface area (Å²) in [4.78, 5) is 23.0. The highest BCUT2D eigenvalue weighted by molar-refractivity contribution is 5.91. The largest absolute Gasteiger partial charge is 0.464 e. The van der Waals surface area contributed by atoms with Gasteiger partial charge in [-0.1, -0.05) is 0 Å². The van der Waals surface area contributed by atoms with E-state index in [9.17, 15) is 9.59 Å². The lowest BCUT2D eigenvalue weighted by atomic mass is 9.92. The Balaban J connectivity index is 2.06. The molecule has 2 heterocycles. The molecule has 2 aliphatic rings. The van der Waals surface area contributed by atoms with Crippen molar-refractivity contribution in [2.24, 2.45) is 0 Å². The minimum Gasteiger partial charge on any atom is -0.464 e. The van der Waals surface area contributed by atoms with Crippen LogP contribution in [0.2, 0.25) is 0 Å². The summed E-state index contributed by atoms with van der Waals surface area (Å²) in [6.07, 6.45) is 1.56. The number of nitrogens with one attached hydrogen (secondary N) is 1. The summed E-state index contributed by atoms with van der Waals surface area (Å²) in [5.41, 5.74) is -0.825. The van der Waals surface area contributed by atoms with Crippen LogP contribution in [-0.4, -0.2) is 36.7 Å². The molecule has 1 unspecified atom stereocenters. The van der Waals surface area contributed by atoms with Gasteiger partial charge in [0.15, 0.2) is 0 Å². The van der Waals surface area contributed by atoms with Crippen molar-refractivity contribution in [1.82, 2.24) is 5.32 Å². The number of rotatable bonds is 4. The number of carbonyl (C=O) groups excluding carboxylic acids is 2. The van der Waals surface area contributed by atoms with Crippen LogP contribution in [-0.2, 0) is 19.1 Å². The van der Waals surface area contributed by atoms with Gasteiger partial charge in [0, 0.05) is 12.8 Å². The van der Waals surface area contributed by atoms with Crippen LogP contribution in [0.3, 0.4) is 0 Å². The van der Waals surface area contributed by atoms with E-state index >= 15 is 0 Å². The van der Waals surface area contributed by atoms with E-state index < -0.39 is 5.54 Å². The molecule has 0 saturated carbocycles. The first-order chi connectivity index (χ1) is 7.16. The Morgan fingerprint density at radius 3 is 2.93 bits per heavy atom. The predicted octanol–water partition coefficient (Wildman–Crippen LogP) is -0.0128. The molecule has 15 heavy (non-hydrogen) atoms. The Kier molecular flexibility index (Phi) is 2.65. The van der Waals surface area contributed by atoms with E-state index in [0.29, 0.717) is 32.5 Å². The van der Waals surface area contributed by atoms with Crippen molar-refractivity contribution in [1.29, 1.82) is 0 Å². The molecule has 84 valence electrons. The second-order valence-electron chi connectivity index (χ2n) is 4.01. The third-order valence-electron chi connectivity index (χ3n) is 2.80. The third-order valence-corrected chi connectivity index (χ3v) is 2.80. The monoisotopic (exact) mass is 213 g/mol. The first-order valence-corrected chi connectivity index (χ1v) is 5.26. The summed E-state index contributed by atoms with van der Waals surface area (Å²) in [5, 5.41) is 2.73. The van der Waals surface area contributed by atoms with Crippen molar-refractivity contribution in [3.8, 4) is 0 Å². The van der Waals surface area contributed by atoms with Gasteiger partial charge in [-0.25, -0.2) is 4.79 Å². The Bertz CT molecular complexity index is 287. The standard InChI is InChI=1S/C10H15NO4/c1-2-14-9(13)10(5-7-6-15-7)4-3-8(12)11-10/h7H,2-6H2,1H3,(H,11,12)/t7-,10?/m0/s1. The van der Waals surface area contributed by atoms with Gasteiger partial charge in [0.2, 0.25) is 5.91 Å². The summed E-state index contributed by atoms with van der Waals surface area (Å²) in [6.45, 7) is 2.77. The summed E-state index contributed by atoms with van der Waals surface area (Å²) in [6, 6.07) is 0. The number of ether oxygens (including phenoxy) is 2. The zero-order chi connectivity index (χ0) is 10.9. The molecular formula is C10H15NO4. The van der Waals surface area contributed by atoms with Crippen LogP contribution in [0.4, 0.5) is 0 Å². The van der Waals surface area contributed by atoms with Gasteiger partial charge in [-0.2, -0.15) is 0 Å². The van der Waals surface area contributed by atoms with E-state index in [1.54, 1.807) is 6.92 Å². The molecule has 2 rings (SSSR count). The number of hydrogen-bond donors (Lipinski definition) is 1. The minimum atomic E-state index is -0.825. The van der Waals surface area contributed by atoms with Gasteiger partial charge in [-0.15, -0.1) is 0 Å². The quantitative estimate of drug-likeness (QED) is 0.526. The Hall–Kier alpha value is -1.10. The molecule has 1 amide bonds. The Labute approximate surface area is 88.1 Å². The van der Waals surface area contributed by atoms with Crippen LogP contribution in [0.1, 0.15) is 26.2 Å². The molecule has 0 aromatic rings. The summed E-state index contributed by atoms with van der Waals surface area (Å²) in [5.74, 6) is -0.407. The lowest BCUT2D eigenvalue weighted by Gasteiger charge is -2.25. The molecule has 2 atom stereocenters. The van der Waals surface area contributed by atoms with Crippen LogP contribution < -0.4 is 5.32 Å². The van der Waals surface area contributed by atoms with Crippen LogP contribution >= 0.6 is 0 Å². The van der Waals surface area contributed by atoms with E-state index in [1.807, 2.05) is 0 Å². The number of carbonyl (C=O) groups is 2. The fourth-order valence-electron chi connectivity index (χ4n) is 1.95. The second-order valence-corrected chi connectivity index (χ2v) is 4.01. The second kappa shape index (κ2) is 3.81. The predicted molar refractivity (Wildman–Crippen MR) is 51.1 cm³/mol. The average Bonchev–Trinajstić information content (AvgIpc) is 2.91. The molecule has 2 aliphatic heterocycles. The van der Waals surface area contributed by atoms with Crippen molar-refractivity contribution in [3.63, 3.8) is 0 Å². The zero-order valence-electron chi connectivity index (χ0n) is 8.75. The van der Waals surface area contributed by atoms with E-state index in [4.69, 9.17) is 9.47 Å². The summed E-state index contributed by atoms with van der Waals surface area (Å²) in [7, 11) is 0. The normalized spacial score (nSPS) is 33.7. The maximum atomic E-state index is 11.8. The molecule has 2 fully saturated rings. The van der Waals surface area contributed by atoms with Gasteiger partial charge in [0.05, 0.1) is 19.3 Å². The highest BCUT2D eigenvalue weighted by atomic mass is 16.6.